The summed E-state index contributed by atoms with van der Waals surface area (Å²) in [7, 11) is 0. The zero-order chi connectivity index (χ0) is 5.82. The first-order valence-electron chi connectivity index (χ1n) is 3.08. The summed E-state index contributed by atoms with van der Waals surface area (Å²) in [6.07, 6.45) is 6.92. The highest BCUT2D eigenvalue weighted by Gasteiger charge is 2.12. The highest BCUT2D eigenvalue weighted by atomic mass is 14.9. The van der Waals surface area contributed by atoms with Gasteiger partial charge in [0.1, 0.15) is 0 Å². The number of hydrogen-bond acceptors (Lipinski definition) is 2. The van der Waals surface area contributed by atoms with Gasteiger partial charge in [-0.15, -0.1) is 0 Å². The van der Waals surface area contributed by atoms with Gasteiger partial charge in [0.05, 0.1) is 0 Å². The van der Waals surface area contributed by atoms with Crippen LogP contribution in [-0.4, -0.2) is 6.04 Å². The second-order valence-electron chi connectivity index (χ2n) is 2.24. The molecule has 0 aromatic rings. The Balaban J connectivity index is 2.17. The van der Waals surface area contributed by atoms with E-state index in [9.17, 15) is 0 Å². The van der Waals surface area contributed by atoms with Gasteiger partial charge in [0.25, 0.3) is 0 Å². The molecule has 0 aromatic heterocycles. The lowest BCUT2D eigenvalue weighted by molar-refractivity contribution is 0.616. The van der Waals surface area contributed by atoms with Crippen LogP contribution in [0.15, 0.2) is 0 Å². The van der Waals surface area contributed by atoms with Crippen LogP contribution in [0.25, 0.3) is 0 Å². The fraction of sp³-hybridized carbons (Fsp3) is 0.833. The summed E-state index contributed by atoms with van der Waals surface area (Å²) in [5, 5.41) is 10.9. The number of hydrogen-bond donors (Lipinski definition) is 1. The summed E-state index contributed by atoms with van der Waals surface area (Å²) >= 11 is 0. The lowest BCUT2D eigenvalue weighted by Crippen LogP contribution is -2.19. The Hall–Kier alpha value is -0.710. The van der Waals surface area contributed by atoms with Crippen LogP contribution in [0.1, 0.15) is 25.7 Å². The average molecular weight is 110 g/mol. The summed E-state index contributed by atoms with van der Waals surface area (Å²) < 4.78 is 0. The van der Waals surface area contributed by atoms with E-state index in [1.54, 1.807) is 0 Å². The van der Waals surface area contributed by atoms with Gasteiger partial charge in [-0.25, -0.2) is 0 Å². The first kappa shape index (κ1) is 5.43. The Morgan fingerprint density at radius 2 is 2.00 bits per heavy atom. The number of nitrogens with zero attached hydrogens (tertiary/aromatic N) is 1. The highest BCUT2D eigenvalue weighted by molar-refractivity contribution is 4.79. The van der Waals surface area contributed by atoms with Crippen molar-refractivity contribution in [2.45, 2.75) is 31.7 Å². The van der Waals surface area contributed by atoms with Gasteiger partial charge >= 0.3 is 0 Å². The fourth-order valence-corrected chi connectivity index (χ4v) is 1.16. The van der Waals surface area contributed by atoms with E-state index >= 15 is 0 Å². The van der Waals surface area contributed by atoms with Gasteiger partial charge in [-0.3, -0.25) is 0 Å². The van der Waals surface area contributed by atoms with Crippen molar-refractivity contribution in [2.24, 2.45) is 0 Å². The predicted molar refractivity (Wildman–Crippen MR) is 31.0 cm³/mol. The Kier molecular flexibility index (Phi) is 1.74. The first-order chi connectivity index (χ1) is 3.93. The first-order valence-corrected chi connectivity index (χ1v) is 3.08. The van der Waals surface area contributed by atoms with E-state index in [1.807, 2.05) is 6.19 Å². The van der Waals surface area contributed by atoms with Crippen molar-refractivity contribution < 1.29 is 0 Å². The lowest BCUT2D eigenvalue weighted by atomic mass is 10.3. The minimum Gasteiger partial charge on any atom is -0.321 e. The smallest absolute Gasteiger partial charge is 0.176 e. The summed E-state index contributed by atoms with van der Waals surface area (Å²) in [5.74, 6) is 0. The van der Waals surface area contributed by atoms with Crippen LogP contribution in [0.2, 0.25) is 0 Å². The molecule has 1 rings (SSSR count). The van der Waals surface area contributed by atoms with E-state index in [2.05, 4.69) is 5.32 Å². The zero-order valence-corrected chi connectivity index (χ0v) is 4.85. The second kappa shape index (κ2) is 2.56. The van der Waals surface area contributed by atoms with Gasteiger partial charge in [-0.05, 0) is 12.8 Å². The molecule has 0 bridgehead atoms. The molecule has 0 aromatic carbocycles. The summed E-state index contributed by atoms with van der Waals surface area (Å²) in [5.41, 5.74) is 0. The van der Waals surface area contributed by atoms with E-state index < -0.39 is 0 Å². The van der Waals surface area contributed by atoms with Crippen LogP contribution in [0.4, 0.5) is 0 Å². The van der Waals surface area contributed by atoms with Crippen molar-refractivity contribution in [3.05, 3.63) is 0 Å². The molecular formula is C6H10N2. The monoisotopic (exact) mass is 110 g/mol. The minimum absolute atomic E-state index is 0.500. The normalized spacial score (nSPS) is 20.4. The molecule has 0 spiro atoms. The Bertz CT molecular complexity index is 97.6. The quantitative estimate of drug-likeness (QED) is 0.403. The van der Waals surface area contributed by atoms with E-state index in [0.29, 0.717) is 6.04 Å². The van der Waals surface area contributed by atoms with E-state index in [1.165, 1.54) is 25.7 Å². The maximum atomic E-state index is 8.17. The largest absolute Gasteiger partial charge is 0.321 e. The molecule has 8 heavy (non-hydrogen) atoms. The van der Waals surface area contributed by atoms with Gasteiger partial charge in [0.2, 0.25) is 0 Å². The molecule has 0 radical (unpaired) electrons. The molecule has 0 unspecified atom stereocenters. The zero-order valence-electron chi connectivity index (χ0n) is 4.85. The van der Waals surface area contributed by atoms with Gasteiger partial charge in [0.15, 0.2) is 6.19 Å². The van der Waals surface area contributed by atoms with Gasteiger partial charge in [-0.1, -0.05) is 12.8 Å². The predicted octanol–water partition coefficient (Wildman–Crippen LogP) is 1.000. The third-order valence-electron chi connectivity index (χ3n) is 1.62. The van der Waals surface area contributed by atoms with Gasteiger partial charge in [-0.2, -0.15) is 5.26 Å². The summed E-state index contributed by atoms with van der Waals surface area (Å²) in [6.45, 7) is 0. The molecule has 1 aliphatic rings. The van der Waals surface area contributed by atoms with E-state index in [4.69, 9.17) is 5.26 Å². The number of rotatable bonds is 1. The van der Waals surface area contributed by atoms with Crippen molar-refractivity contribution in [2.75, 3.05) is 0 Å². The van der Waals surface area contributed by atoms with Crippen LogP contribution in [0.3, 0.4) is 0 Å². The van der Waals surface area contributed by atoms with Gasteiger partial charge < -0.3 is 5.32 Å². The molecule has 1 saturated carbocycles. The summed E-state index contributed by atoms with van der Waals surface area (Å²) in [4.78, 5) is 0. The lowest BCUT2D eigenvalue weighted by Gasteiger charge is -2.01. The van der Waals surface area contributed by atoms with Crippen molar-refractivity contribution >= 4 is 0 Å². The molecule has 1 fully saturated rings. The standard InChI is InChI=1S/C6H10N2/c7-5-8-6-3-1-2-4-6/h6,8H,1-4H2. The van der Waals surface area contributed by atoms with Crippen LogP contribution in [0.5, 0.6) is 0 Å². The molecule has 0 heterocycles. The van der Waals surface area contributed by atoms with Crippen LogP contribution >= 0.6 is 0 Å². The molecule has 0 amide bonds. The van der Waals surface area contributed by atoms with Crippen molar-refractivity contribution in [3.8, 4) is 6.19 Å². The Morgan fingerprint density at radius 1 is 1.38 bits per heavy atom. The van der Waals surface area contributed by atoms with Crippen molar-refractivity contribution in [1.29, 1.82) is 5.26 Å². The average Bonchev–Trinajstić information content (AvgIpc) is 2.19. The van der Waals surface area contributed by atoms with E-state index in [-0.39, 0.29) is 0 Å². The highest BCUT2D eigenvalue weighted by Crippen LogP contribution is 2.16. The molecule has 2 heteroatoms. The van der Waals surface area contributed by atoms with Crippen LogP contribution in [0, 0.1) is 11.5 Å². The van der Waals surface area contributed by atoms with Crippen LogP contribution in [-0.2, 0) is 0 Å². The number of nitriles is 1. The molecular weight excluding hydrogens is 100 g/mol. The molecule has 1 N–H and O–H groups in total. The summed E-state index contributed by atoms with van der Waals surface area (Å²) in [6, 6.07) is 0.500. The molecule has 44 valence electrons. The molecule has 2 nitrogen and oxygen atoms in total. The van der Waals surface area contributed by atoms with Crippen LogP contribution < -0.4 is 5.32 Å². The maximum absolute atomic E-state index is 8.17. The second-order valence-corrected chi connectivity index (χ2v) is 2.24. The van der Waals surface area contributed by atoms with E-state index in [0.717, 1.165) is 0 Å². The third-order valence-corrected chi connectivity index (χ3v) is 1.62. The van der Waals surface area contributed by atoms with Crippen molar-refractivity contribution in [1.82, 2.24) is 5.32 Å². The fourth-order valence-electron chi connectivity index (χ4n) is 1.16. The Labute approximate surface area is 49.5 Å². The molecule has 0 saturated heterocycles. The maximum Gasteiger partial charge on any atom is 0.176 e. The number of nitrogens with one attached hydrogen (secondary N) is 1. The third kappa shape index (κ3) is 1.13. The Morgan fingerprint density at radius 3 is 2.50 bits per heavy atom. The topological polar surface area (TPSA) is 35.8 Å². The molecule has 1 aliphatic carbocycles. The molecule has 0 atom stereocenters. The van der Waals surface area contributed by atoms with Crippen molar-refractivity contribution in [3.63, 3.8) is 0 Å². The molecule has 0 aliphatic heterocycles. The minimum atomic E-state index is 0.500. The SMILES string of the molecule is N#CNC1CCCC1. The van der Waals surface area contributed by atoms with Gasteiger partial charge in [0, 0.05) is 6.04 Å².